The number of benzene rings is 1. The number of carbonyl (C=O) groups excluding carboxylic acids is 1. The number of rotatable bonds is 6. The molecule has 0 spiro atoms. The summed E-state index contributed by atoms with van der Waals surface area (Å²) in [5.74, 6) is 0.979. The average Bonchev–Trinajstić information content (AvgIpc) is 3.04. The second kappa shape index (κ2) is 9.86. The minimum atomic E-state index is -0.308. The van der Waals surface area contributed by atoms with Crippen LogP contribution in [0.15, 0.2) is 24.3 Å². The molecule has 0 saturated carbocycles. The third-order valence-electron chi connectivity index (χ3n) is 4.94. The number of amides is 1. The number of nitrogens with zero attached hydrogens (tertiary/aromatic N) is 1. The Labute approximate surface area is 181 Å². The summed E-state index contributed by atoms with van der Waals surface area (Å²) in [5, 5.41) is 16.3. The zero-order valence-corrected chi connectivity index (χ0v) is 18.3. The molecule has 1 aromatic heterocycles. The largest absolute Gasteiger partial charge is 0.494 e. The van der Waals surface area contributed by atoms with Crippen molar-refractivity contribution in [3.63, 3.8) is 0 Å². The summed E-state index contributed by atoms with van der Waals surface area (Å²) in [6.45, 7) is 4.95. The standard InChI is InChI=1S/C22H25N3O2S2/c1-3-4-10-27-16-7-5-6-15(12-16)20(26)24-22(28)25-21-18(13-23)17-9-8-14(2)11-19(17)29-21/h5-7,12,14H,3-4,8-11H2,1-2H3,(H2,24,25,26,28)/t14-/m0/s1. The number of carbonyl (C=O) groups is 1. The molecule has 1 amide bonds. The number of hydrogen-bond acceptors (Lipinski definition) is 5. The van der Waals surface area contributed by atoms with Crippen molar-refractivity contribution in [1.82, 2.24) is 5.32 Å². The Morgan fingerprint density at radius 3 is 3.03 bits per heavy atom. The predicted octanol–water partition coefficient (Wildman–Crippen LogP) is 5.05. The maximum absolute atomic E-state index is 12.6. The molecule has 0 fully saturated rings. The monoisotopic (exact) mass is 427 g/mol. The quantitative estimate of drug-likeness (QED) is 0.498. The van der Waals surface area contributed by atoms with Gasteiger partial charge in [-0.1, -0.05) is 26.3 Å². The van der Waals surface area contributed by atoms with Crippen molar-refractivity contribution < 1.29 is 9.53 Å². The van der Waals surface area contributed by atoms with Gasteiger partial charge in [0.05, 0.1) is 12.2 Å². The Balaban J connectivity index is 1.65. The Kier molecular flexibility index (Phi) is 7.24. The van der Waals surface area contributed by atoms with Crippen LogP contribution >= 0.6 is 23.6 Å². The lowest BCUT2D eigenvalue weighted by Crippen LogP contribution is -2.34. The molecule has 3 rings (SSSR count). The van der Waals surface area contributed by atoms with E-state index in [1.807, 2.05) is 6.07 Å². The molecule has 1 aliphatic rings. The molecule has 0 radical (unpaired) electrons. The molecule has 0 bridgehead atoms. The van der Waals surface area contributed by atoms with Crippen molar-refractivity contribution in [2.24, 2.45) is 5.92 Å². The van der Waals surface area contributed by atoms with Crippen LogP contribution in [-0.4, -0.2) is 17.6 Å². The van der Waals surface area contributed by atoms with Gasteiger partial charge in [-0.2, -0.15) is 5.26 Å². The number of nitrogens with one attached hydrogen (secondary N) is 2. The first-order valence-corrected chi connectivity index (χ1v) is 11.1. The molecule has 1 aliphatic carbocycles. The van der Waals surface area contributed by atoms with Crippen LogP contribution in [-0.2, 0) is 12.8 Å². The minimum absolute atomic E-state index is 0.190. The molecule has 1 heterocycles. The third kappa shape index (κ3) is 5.34. The van der Waals surface area contributed by atoms with Crippen molar-refractivity contribution in [3.05, 3.63) is 45.8 Å². The summed E-state index contributed by atoms with van der Waals surface area (Å²) in [6, 6.07) is 9.35. The molecular formula is C22H25N3O2S2. The first kappa shape index (κ1) is 21.3. The molecule has 152 valence electrons. The maximum Gasteiger partial charge on any atom is 0.257 e. The lowest BCUT2D eigenvalue weighted by atomic mass is 9.89. The highest BCUT2D eigenvalue weighted by Crippen LogP contribution is 2.39. The van der Waals surface area contributed by atoms with Crippen molar-refractivity contribution in [2.75, 3.05) is 11.9 Å². The SMILES string of the molecule is CCCCOc1cccc(C(=O)NC(=S)Nc2sc3c(c2C#N)CC[C@H](C)C3)c1. The van der Waals surface area contributed by atoms with E-state index in [1.165, 1.54) is 4.88 Å². The fourth-order valence-corrected chi connectivity index (χ4v) is 4.95. The normalized spacial score (nSPS) is 15.1. The summed E-state index contributed by atoms with van der Waals surface area (Å²) in [7, 11) is 0. The lowest BCUT2D eigenvalue weighted by Gasteiger charge is -2.17. The second-order valence-electron chi connectivity index (χ2n) is 7.31. The summed E-state index contributed by atoms with van der Waals surface area (Å²) < 4.78 is 5.66. The molecule has 1 aromatic carbocycles. The Bertz CT molecular complexity index is 946. The third-order valence-corrected chi connectivity index (χ3v) is 6.31. The van der Waals surface area contributed by atoms with Crippen molar-refractivity contribution in [2.45, 2.75) is 46.0 Å². The van der Waals surface area contributed by atoms with E-state index in [0.29, 0.717) is 34.4 Å². The number of anilines is 1. The van der Waals surface area contributed by atoms with Crippen molar-refractivity contribution >= 4 is 39.6 Å². The van der Waals surface area contributed by atoms with Crippen LogP contribution in [0.5, 0.6) is 5.75 Å². The van der Waals surface area contributed by atoms with Gasteiger partial charge in [-0.25, -0.2) is 0 Å². The fourth-order valence-electron chi connectivity index (χ4n) is 3.33. The summed E-state index contributed by atoms with van der Waals surface area (Å²) in [5.41, 5.74) is 2.26. The number of hydrogen-bond donors (Lipinski definition) is 2. The number of unbranched alkanes of at least 4 members (excludes halogenated alkanes) is 1. The smallest absolute Gasteiger partial charge is 0.257 e. The van der Waals surface area contributed by atoms with E-state index in [1.54, 1.807) is 29.5 Å². The van der Waals surface area contributed by atoms with Crippen LogP contribution in [0.25, 0.3) is 0 Å². The predicted molar refractivity (Wildman–Crippen MR) is 121 cm³/mol. The Hall–Kier alpha value is -2.43. The number of ether oxygens (including phenoxy) is 1. The molecule has 0 unspecified atom stereocenters. The minimum Gasteiger partial charge on any atom is -0.494 e. The molecule has 1 atom stereocenters. The molecule has 0 aliphatic heterocycles. The van der Waals surface area contributed by atoms with E-state index in [2.05, 4.69) is 30.6 Å². The van der Waals surface area contributed by atoms with Gasteiger partial charge in [-0.3, -0.25) is 10.1 Å². The van der Waals surface area contributed by atoms with Crippen LogP contribution in [0.2, 0.25) is 0 Å². The fraction of sp³-hybridized carbons (Fsp3) is 0.409. The number of thiophene rings is 1. The first-order valence-electron chi connectivity index (χ1n) is 9.91. The number of thiocarbonyl (C=S) groups is 1. The van der Waals surface area contributed by atoms with Crippen LogP contribution in [0.4, 0.5) is 5.00 Å². The number of fused-ring (bicyclic) bond motifs is 1. The van der Waals surface area contributed by atoms with Crippen molar-refractivity contribution in [3.8, 4) is 11.8 Å². The van der Waals surface area contributed by atoms with E-state index in [-0.39, 0.29) is 11.0 Å². The van der Waals surface area contributed by atoms with Gasteiger partial charge in [0.15, 0.2) is 5.11 Å². The number of nitriles is 1. The van der Waals surface area contributed by atoms with Gasteiger partial charge in [0.1, 0.15) is 16.8 Å². The highest BCUT2D eigenvalue weighted by molar-refractivity contribution is 7.80. The van der Waals surface area contributed by atoms with E-state index in [0.717, 1.165) is 37.7 Å². The first-order chi connectivity index (χ1) is 14.0. The van der Waals surface area contributed by atoms with Gasteiger partial charge in [0.2, 0.25) is 0 Å². The van der Waals surface area contributed by atoms with E-state index >= 15 is 0 Å². The van der Waals surface area contributed by atoms with Crippen LogP contribution in [0.3, 0.4) is 0 Å². The van der Waals surface area contributed by atoms with E-state index in [4.69, 9.17) is 17.0 Å². The second-order valence-corrected chi connectivity index (χ2v) is 8.82. The van der Waals surface area contributed by atoms with Crippen LogP contribution in [0, 0.1) is 17.2 Å². The molecule has 0 saturated heterocycles. The summed E-state index contributed by atoms with van der Waals surface area (Å²) >= 11 is 6.89. The highest BCUT2D eigenvalue weighted by atomic mass is 32.1. The van der Waals surface area contributed by atoms with Gasteiger partial charge in [0.25, 0.3) is 5.91 Å². The molecule has 2 N–H and O–H groups in total. The molecule has 2 aromatic rings. The average molecular weight is 428 g/mol. The lowest BCUT2D eigenvalue weighted by molar-refractivity contribution is 0.0977. The topological polar surface area (TPSA) is 74.2 Å². The summed E-state index contributed by atoms with van der Waals surface area (Å²) in [4.78, 5) is 13.8. The van der Waals surface area contributed by atoms with Gasteiger partial charge >= 0.3 is 0 Å². The van der Waals surface area contributed by atoms with Crippen LogP contribution in [0.1, 0.15) is 59.5 Å². The van der Waals surface area contributed by atoms with Gasteiger partial charge in [-0.15, -0.1) is 11.3 Å². The van der Waals surface area contributed by atoms with Crippen molar-refractivity contribution in [1.29, 1.82) is 5.26 Å². The van der Waals surface area contributed by atoms with E-state index in [9.17, 15) is 10.1 Å². The Morgan fingerprint density at radius 2 is 2.28 bits per heavy atom. The van der Waals surface area contributed by atoms with Gasteiger partial charge in [-0.05, 0) is 67.6 Å². The molecule has 5 nitrogen and oxygen atoms in total. The molecule has 29 heavy (non-hydrogen) atoms. The highest BCUT2D eigenvalue weighted by Gasteiger charge is 2.24. The summed E-state index contributed by atoms with van der Waals surface area (Å²) in [6.07, 6.45) is 5.02. The van der Waals surface area contributed by atoms with E-state index < -0.39 is 0 Å². The van der Waals surface area contributed by atoms with Crippen LogP contribution < -0.4 is 15.4 Å². The zero-order valence-electron chi connectivity index (χ0n) is 16.7. The maximum atomic E-state index is 12.6. The molecular weight excluding hydrogens is 402 g/mol. The van der Waals surface area contributed by atoms with Gasteiger partial charge in [0, 0.05) is 10.4 Å². The Morgan fingerprint density at radius 1 is 1.45 bits per heavy atom. The zero-order chi connectivity index (χ0) is 20.8. The molecule has 7 heteroatoms. The van der Waals surface area contributed by atoms with Gasteiger partial charge < -0.3 is 10.1 Å².